The van der Waals surface area contributed by atoms with Gasteiger partial charge in [-0.3, -0.25) is 0 Å². The molecule has 0 saturated carbocycles. The third kappa shape index (κ3) is 2.91. The van der Waals surface area contributed by atoms with Crippen molar-refractivity contribution in [2.45, 2.75) is 13.5 Å². The second kappa shape index (κ2) is 5.39. The van der Waals surface area contributed by atoms with Crippen LogP contribution >= 0.6 is 0 Å². The molecule has 1 heterocycles. The number of esters is 1. The molecule has 0 spiro atoms. The molecule has 1 aromatic heterocycles. The molecule has 1 aromatic carbocycles. The number of halogens is 1. The molecule has 6 heteroatoms. The predicted molar refractivity (Wildman–Crippen MR) is 60.2 cm³/mol. The number of H-pyrrole nitrogens is 1. The summed E-state index contributed by atoms with van der Waals surface area (Å²) in [4.78, 5) is 15.3. The maximum atomic E-state index is 12.7. The zero-order chi connectivity index (χ0) is 13.0. The first-order chi connectivity index (χ1) is 8.69. The van der Waals surface area contributed by atoms with E-state index in [4.69, 9.17) is 4.74 Å². The molecular formula is C12H13FN3O2+. The first-order valence-corrected chi connectivity index (χ1v) is 5.55. The third-order valence-electron chi connectivity index (χ3n) is 2.31. The minimum absolute atomic E-state index is 0.152. The molecule has 2 rings (SSSR count). The smallest absolute Gasteiger partial charge is 0.404 e. The van der Waals surface area contributed by atoms with Gasteiger partial charge in [0.05, 0.1) is 6.61 Å². The Kier molecular flexibility index (Phi) is 3.66. The van der Waals surface area contributed by atoms with E-state index in [0.717, 1.165) is 5.56 Å². The van der Waals surface area contributed by atoms with Crippen molar-refractivity contribution >= 4 is 5.97 Å². The van der Waals surface area contributed by atoms with Crippen LogP contribution in [0.2, 0.25) is 0 Å². The van der Waals surface area contributed by atoms with E-state index in [9.17, 15) is 9.18 Å². The summed E-state index contributed by atoms with van der Waals surface area (Å²) in [7, 11) is 0. The monoisotopic (exact) mass is 250 g/mol. The standard InChI is InChI=1S/C12H12FN3O2/c1-2-18-12(17)11-14-8-16(15-11)7-9-3-5-10(13)6-4-9/h3-6,8H,2,7H2,1H3/p+1. The zero-order valence-corrected chi connectivity index (χ0v) is 9.89. The highest BCUT2D eigenvalue weighted by molar-refractivity contribution is 5.84. The minimum atomic E-state index is -0.490. The summed E-state index contributed by atoms with van der Waals surface area (Å²) in [5, 5.41) is 2.80. The summed E-state index contributed by atoms with van der Waals surface area (Å²) < 4.78 is 19.2. The van der Waals surface area contributed by atoms with Crippen molar-refractivity contribution in [1.29, 1.82) is 0 Å². The average molecular weight is 250 g/mol. The molecule has 0 aliphatic heterocycles. The SMILES string of the molecule is CCOC(=O)c1nc[n+](Cc2ccc(F)cc2)[nH]1. The van der Waals surface area contributed by atoms with Gasteiger partial charge in [-0.2, -0.15) is 9.78 Å². The van der Waals surface area contributed by atoms with Crippen LogP contribution < -0.4 is 4.68 Å². The van der Waals surface area contributed by atoms with Gasteiger partial charge in [-0.1, -0.05) is 12.1 Å². The van der Waals surface area contributed by atoms with Crippen LogP contribution in [0, 0.1) is 5.82 Å². The van der Waals surface area contributed by atoms with Crippen LogP contribution in [0.4, 0.5) is 4.39 Å². The number of ether oxygens (including phenoxy) is 1. The fourth-order valence-electron chi connectivity index (χ4n) is 1.49. The van der Waals surface area contributed by atoms with Gasteiger partial charge < -0.3 is 4.74 Å². The van der Waals surface area contributed by atoms with Crippen LogP contribution in [0.1, 0.15) is 23.1 Å². The summed E-state index contributed by atoms with van der Waals surface area (Å²) in [6, 6.07) is 6.12. The molecule has 0 saturated heterocycles. The van der Waals surface area contributed by atoms with E-state index in [1.165, 1.54) is 18.5 Å². The van der Waals surface area contributed by atoms with E-state index in [-0.39, 0.29) is 11.6 Å². The maximum absolute atomic E-state index is 12.7. The number of carbonyl (C=O) groups excluding carboxylic acids is 1. The number of aromatic amines is 1. The summed E-state index contributed by atoms with van der Waals surface area (Å²) in [5.74, 6) is -0.616. The summed E-state index contributed by atoms with van der Waals surface area (Å²) in [6.45, 7) is 2.51. The minimum Gasteiger partial charge on any atom is -0.458 e. The molecule has 0 aliphatic rings. The molecular weight excluding hydrogens is 237 g/mol. The van der Waals surface area contributed by atoms with Gasteiger partial charge >= 0.3 is 18.1 Å². The van der Waals surface area contributed by atoms with E-state index in [0.29, 0.717) is 13.2 Å². The maximum Gasteiger partial charge on any atom is 0.404 e. The Morgan fingerprint density at radius 1 is 1.44 bits per heavy atom. The van der Waals surface area contributed by atoms with Gasteiger partial charge in [0.25, 0.3) is 0 Å². The molecule has 1 N–H and O–H groups in total. The fraction of sp³-hybridized carbons (Fsp3) is 0.250. The number of rotatable bonds is 4. The molecule has 0 aliphatic carbocycles. The average Bonchev–Trinajstić information content (AvgIpc) is 2.81. The van der Waals surface area contributed by atoms with Crippen molar-refractivity contribution in [3.05, 3.63) is 47.8 Å². The van der Waals surface area contributed by atoms with Gasteiger partial charge in [-0.15, -0.1) is 0 Å². The van der Waals surface area contributed by atoms with Crippen molar-refractivity contribution < 1.29 is 18.6 Å². The van der Waals surface area contributed by atoms with Crippen LogP contribution in [-0.4, -0.2) is 22.7 Å². The molecule has 0 atom stereocenters. The summed E-state index contributed by atoms with van der Waals surface area (Å²) in [6.07, 6.45) is 1.50. The van der Waals surface area contributed by atoms with E-state index >= 15 is 0 Å². The van der Waals surface area contributed by atoms with Gasteiger partial charge in [0.1, 0.15) is 12.4 Å². The number of nitrogens with zero attached hydrogens (tertiary/aromatic N) is 2. The second-order valence-electron chi connectivity index (χ2n) is 3.68. The molecule has 0 amide bonds. The van der Waals surface area contributed by atoms with Crippen LogP contribution in [0.25, 0.3) is 0 Å². The summed E-state index contributed by atoms with van der Waals surface area (Å²) >= 11 is 0. The van der Waals surface area contributed by atoms with Gasteiger partial charge in [-0.05, 0) is 29.6 Å². The van der Waals surface area contributed by atoms with Crippen LogP contribution in [0.5, 0.6) is 0 Å². The van der Waals surface area contributed by atoms with Gasteiger partial charge in [0.2, 0.25) is 0 Å². The van der Waals surface area contributed by atoms with Crippen LogP contribution in [-0.2, 0) is 11.3 Å². The van der Waals surface area contributed by atoms with E-state index in [1.807, 2.05) is 0 Å². The highest BCUT2D eigenvalue weighted by atomic mass is 19.1. The number of aromatic nitrogens is 3. The molecule has 0 fully saturated rings. The predicted octanol–water partition coefficient (Wildman–Crippen LogP) is 1.06. The van der Waals surface area contributed by atoms with E-state index in [1.54, 1.807) is 23.7 Å². The molecule has 0 bridgehead atoms. The molecule has 0 radical (unpaired) electrons. The van der Waals surface area contributed by atoms with Crippen molar-refractivity contribution in [2.75, 3.05) is 6.61 Å². The number of nitrogens with one attached hydrogen (secondary N) is 1. The van der Waals surface area contributed by atoms with Crippen molar-refractivity contribution in [1.82, 2.24) is 10.1 Å². The molecule has 0 unspecified atom stereocenters. The van der Waals surface area contributed by atoms with Crippen LogP contribution in [0.15, 0.2) is 30.6 Å². The Hall–Kier alpha value is -2.24. The van der Waals surface area contributed by atoms with Crippen molar-refractivity contribution in [2.24, 2.45) is 0 Å². The first kappa shape index (κ1) is 12.2. The van der Waals surface area contributed by atoms with E-state index < -0.39 is 5.97 Å². The highest BCUT2D eigenvalue weighted by Gasteiger charge is 2.18. The molecule has 5 nitrogen and oxygen atoms in total. The lowest BCUT2D eigenvalue weighted by molar-refractivity contribution is -0.743. The Bertz CT molecular complexity index is 537. The van der Waals surface area contributed by atoms with Gasteiger partial charge in [0.15, 0.2) is 0 Å². The van der Waals surface area contributed by atoms with Crippen molar-refractivity contribution in [3.63, 3.8) is 0 Å². The third-order valence-corrected chi connectivity index (χ3v) is 2.31. The molecule has 18 heavy (non-hydrogen) atoms. The van der Waals surface area contributed by atoms with Gasteiger partial charge in [0, 0.05) is 0 Å². The molecule has 94 valence electrons. The summed E-state index contributed by atoms with van der Waals surface area (Å²) in [5.41, 5.74) is 0.903. The topological polar surface area (TPSA) is 58.9 Å². The number of carbonyl (C=O) groups is 1. The number of hydrogen-bond donors (Lipinski definition) is 1. The largest absolute Gasteiger partial charge is 0.458 e. The Balaban J connectivity index is 2.06. The zero-order valence-electron chi connectivity index (χ0n) is 9.89. The lowest BCUT2D eigenvalue weighted by Gasteiger charge is -1.96. The highest BCUT2D eigenvalue weighted by Crippen LogP contribution is 2.01. The lowest BCUT2D eigenvalue weighted by Crippen LogP contribution is -2.36. The van der Waals surface area contributed by atoms with Gasteiger partial charge in [-0.25, -0.2) is 9.18 Å². The van der Waals surface area contributed by atoms with E-state index in [2.05, 4.69) is 10.1 Å². The van der Waals surface area contributed by atoms with Crippen LogP contribution in [0.3, 0.4) is 0 Å². The normalized spacial score (nSPS) is 10.3. The first-order valence-electron chi connectivity index (χ1n) is 5.55. The Morgan fingerprint density at radius 2 is 2.17 bits per heavy atom. The molecule has 2 aromatic rings. The van der Waals surface area contributed by atoms with Crippen molar-refractivity contribution in [3.8, 4) is 0 Å². The number of benzene rings is 1. The lowest BCUT2D eigenvalue weighted by atomic mass is 10.2. The second-order valence-corrected chi connectivity index (χ2v) is 3.68. The Morgan fingerprint density at radius 3 is 2.83 bits per heavy atom. The quantitative estimate of drug-likeness (QED) is 0.652. The fourth-order valence-corrected chi connectivity index (χ4v) is 1.49. The Labute approximate surface area is 103 Å². The number of hydrogen-bond acceptors (Lipinski definition) is 3.